The molecule has 26 heavy (non-hydrogen) atoms. The van der Waals surface area contributed by atoms with Crippen LogP contribution in [0, 0.1) is 0 Å². The predicted molar refractivity (Wildman–Crippen MR) is 97.4 cm³/mol. The van der Waals surface area contributed by atoms with Crippen molar-refractivity contribution in [1.29, 1.82) is 0 Å². The number of ether oxygens (including phenoxy) is 2. The first kappa shape index (κ1) is 17.5. The van der Waals surface area contributed by atoms with Gasteiger partial charge in [0.2, 0.25) is 0 Å². The molecule has 2 aromatic rings. The summed E-state index contributed by atoms with van der Waals surface area (Å²) in [5, 5.41) is 5.55. The summed E-state index contributed by atoms with van der Waals surface area (Å²) in [4.78, 5) is 25.1. The zero-order valence-electron chi connectivity index (χ0n) is 14.6. The Labute approximate surface area is 151 Å². The molecule has 0 bridgehead atoms. The molecule has 0 aliphatic carbocycles. The minimum absolute atomic E-state index is 0.233. The zero-order chi connectivity index (χ0) is 18.5. The number of hydrogen-bond donors (Lipinski definition) is 2. The lowest BCUT2D eigenvalue weighted by Crippen LogP contribution is -2.45. The maximum atomic E-state index is 12.8. The highest BCUT2D eigenvalue weighted by Crippen LogP contribution is 2.35. The summed E-state index contributed by atoms with van der Waals surface area (Å²) in [6.45, 7) is 1.98. The van der Waals surface area contributed by atoms with E-state index < -0.39 is 18.0 Å². The fraction of sp³-hybridized carbons (Fsp3) is 0.200. The highest BCUT2D eigenvalue weighted by Gasteiger charge is 2.35. The van der Waals surface area contributed by atoms with Gasteiger partial charge in [-0.3, -0.25) is 0 Å². The number of esters is 1. The number of amides is 2. The minimum atomic E-state index is -0.686. The molecule has 2 N–H and O–H groups in total. The zero-order valence-corrected chi connectivity index (χ0v) is 14.6. The van der Waals surface area contributed by atoms with Gasteiger partial charge in [0.25, 0.3) is 0 Å². The summed E-state index contributed by atoms with van der Waals surface area (Å²) in [5.74, 6) is 0.0867. The van der Waals surface area contributed by atoms with Gasteiger partial charge in [-0.05, 0) is 18.6 Å². The standard InChI is InChI=1S/C20H20N2O4/c1-3-26-19(23)16-17(13-9-5-4-6-10-13)21-20(24)22-18(16)14-11-7-8-12-15(14)25-2/h4-12,18H,3H2,1-2H3,(H2,21,22,24)/t18-/m1/s1. The number of rotatable bonds is 5. The van der Waals surface area contributed by atoms with Crippen LogP contribution in [0.5, 0.6) is 5.75 Å². The number of methoxy groups -OCH3 is 1. The van der Waals surface area contributed by atoms with Crippen LogP contribution in [0.15, 0.2) is 60.2 Å². The largest absolute Gasteiger partial charge is 0.496 e. The van der Waals surface area contributed by atoms with Gasteiger partial charge in [-0.1, -0.05) is 48.5 Å². The van der Waals surface area contributed by atoms with Crippen molar-refractivity contribution in [2.24, 2.45) is 0 Å². The number of benzene rings is 2. The number of carbonyl (C=O) groups excluding carboxylic acids is 2. The van der Waals surface area contributed by atoms with Gasteiger partial charge in [-0.2, -0.15) is 0 Å². The van der Waals surface area contributed by atoms with Gasteiger partial charge in [-0.25, -0.2) is 9.59 Å². The molecular formula is C20H20N2O4. The normalized spacial score (nSPS) is 16.5. The van der Waals surface area contributed by atoms with Crippen molar-refractivity contribution in [3.8, 4) is 5.75 Å². The van der Waals surface area contributed by atoms with Crippen molar-refractivity contribution in [3.63, 3.8) is 0 Å². The lowest BCUT2D eigenvalue weighted by atomic mass is 9.92. The molecule has 1 heterocycles. The average Bonchev–Trinajstić information content (AvgIpc) is 2.68. The van der Waals surface area contributed by atoms with E-state index in [1.807, 2.05) is 48.5 Å². The van der Waals surface area contributed by atoms with E-state index in [2.05, 4.69) is 10.6 Å². The molecule has 3 rings (SSSR count). The third-order valence-electron chi connectivity index (χ3n) is 4.08. The number of hydrogen-bond acceptors (Lipinski definition) is 4. The van der Waals surface area contributed by atoms with E-state index in [4.69, 9.17) is 9.47 Å². The summed E-state index contributed by atoms with van der Waals surface area (Å²) >= 11 is 0. The van der Waals surface area contributed by atoms with E-state index in [-0.39, 0.29) is 6.61 Å². The van der Waals surface area contributed by atoms with Crippen LogP contribution in [0.2, 0.25) is 0 Å². The van der Waals surface area contributed by atoms with Crippen molar-refractivity contribution >= 4 is 17.7 Å². The fourth-order valence-corrected chi connectivity index (χ4v) is 2.96. The van der Waals surface area contributed by atoms with Crippen LogP contribution in [-0.4, -0.2) is 25.7 Å². The molecule has 0 unspecified atom stereocenters. The Kier molecular flexibility index (Phi) is 5.22. The predicted octanol–water partition coefficient (Wildman–Crippen LogP) is 3.02. The number of nitrogens with one attached hydrogen (secondary N) is 2. The van der Waals surface area contributed by atoms with Crippen molar-refractivity contribution in [1.82, 2.24) is 10.6 Å². The first-order chi connectivity index (χ1) is 12.7. The fourth-order valence-electron chi connectivity index (χ4n) is 2.96. The lowest BCUT2D eigenvalue weighted by Gasteiger charge is -2.30. The molecular weight excluding hydrogens is 332 g/mol. The van der Waals surface area contributed by atoms with Crippen LogP contribution in [0.1, 0.15) is 24.1 Å². The molecule has 134 valence electrons. The lowest BCUT2D eigenvalue weighted by molar-refractivity contribution is -0.138. The van der Waals surface area contributed by atoms with Crippen LogP contribution >= 0.6 is 0 Å². The van der Waals surface area contributed by atoms with Crippen LogP contribution < -0.4 is 15.4 Å². The minimum Gasteiger partial charge on any atom is -0.496 e. The Bertz CT molecular complexity index is 846. The third-order valence-corrected chi connectivity index (χ3v) is 4.08. The van der Waals surface area contributed by atoms with Crippen molar-refractivity contribution in [2.45, 2.75) is 13.0 Å². The van der Waals surface area contributed by atoms with Crippen LogP contribution in [0.3, 0.4) is 0 Å². The highest BCUT2D eigenvalue weighted by atomic mass is 16.5. The molecule has 0 spiro atoms. The maximum absolute atomic E-state index is 12.8. The molecule has 2 amide bonds. The van der Waals surface area contributed by atoms with Gasteiger partial charge in [0.05, 0.1) is 31.0 Å². The molecule has 1 aliphatic rings. The first-order valence-corrected chi connectivity index (χ1v) is 8.32. The van der Waals surface area contributed by atoms with E-state index in [9.17, 15) is 9.59 Å². The van der Waals surface area contributed by atoms with Gasteiger partial charge in [0, 0.05) is 5.56 Å². The van der Waals surface area contributed by atoms with Crippen molar-refractivity contribution in [3.05, 3.63) is 71.3 Å². The van der Waals surface area contributed by atoms with Gasteiger partial charge >= 0.3 is 12.0 Å². The second-order valence-corrected chi connectivity index (χ2v) is 5.65. The summed E-state index contributed by atoms with van der Waals surface area (Å²) in [5.41, 5.74) is 2.18. The summed E-state index contributed by atoms with van der Waals surface area (Å²) in [7, 11) is 1.55. The Balaban J connectivity index is 2.21. The number of carbonyl (C=O) groups is 2. The molecule has 0 radical (unpaired) electrons. The van der Waals surface area contributed by atoms with Gasteiger partial charge in [0.1, 0.15) is 5.75 Å². The summed E-state index contributed by atoms with van der Waals surface area (Å²) < 4.78 is 10.7. The number of para-hydroxylation sites is 1. The molecule has 2 aromatic carbocycles. The molecule has 1 aliphatic heterocycles. The molecule has 0 saturated carbocycles. The van der Waals surface area contributed by atoms with E-state index in [0.717, 1.165) is 5.56 Å². The quantitative estimate of drug-likeness (QED) is 0.811. The van der Waals surface area contributed by atoms with E-state index in [0.29, 0.717) is 22.6 Å². The van der Waals surface area contributed by atoms with Gasteiger partial charge in [-0.15, -0.1) is 0 Å². The number of urea groups is 1. The Morgan fingerprint density at radius 2 is 1.77 bits per heavy atom. The Hall–Kier alpha value is -3.28. The molecule has 0 fully saturated rings. The topological polar surface area (TPSA) is 76.7 Å². The second kappa shape index (κ2) is 7.74. The molecule has 0 saturated heterocycles. The molecule has 6 heteroatoms. The SMILES string of the molecule is CCOC(=O)C1=C(c2ccccc2)NC(=O)N[C@@H]1c1ccccc1OC. The van der Waals surface area contributed by atoms with Gasteiger partial charge < -0.3 is 20.1 Å². The second-order valence-electron chi connectivity index (χ2n) is 5.65. The van der Waals surface area contributed by atoms with E-state index in [1.54, 1.807) is 20.1 Å². The molecule has 6 nitrogen and oxygen atoms in total. The molecule has 0 aromatic heterocycles. The maximum Gasteiger partial charge on any atom is 0.338 e. The van der Waals surface area contributed by atoms with Crippen LogP contribution in [0.25, 0.3) is 5.70 Å². The highest BCUT2D eigenvalue weighted by molar-refractivity contribution is 6.04. The average molecular weight is 352 g/mol. The summed E-state index contributed by atoms with van der Waals surface area (Å²) in [6, 6.07) is 15.4. The summed E-state index contributed by atoms with van der Waals surface area (Å²) in [6.07, 6.45) is 0. The van der Waals surface area contributed by atoms with Crippen molar-refractivity contribution in [2.75, 3.05) is 13.7 Å². The van der Waals surface area contributed by atoms with Crippen LogP contribution in [0.4, 0.5) is 4.79 Å². The van der Waals surface area contributed by atoms with E-state index in [1.165, 1.54) is 0 Å². The first-order valence-electron chi connectivity index (χ1n) is 8.32. The monoisotopic (exact) mass is 352 g/mol. The van der Waals surface area contributed by atoms with Crippen molar-refractivity contribution < 1.29 is 19.1 Å². The smallest absolute Gasteiger partial charge is 0.338 e. The van der Waals surface area contributed by atoms with E-state index >= 15 is 0 Å². The third kappa shape index (κ3) is 3.39. The molecule has 1 atom stereocenters. The Morgan fingerprint density at radius 1 is 1.08 bits per heavy atom. The van der Waals surface area contributed by atoms with Crippen LogP contribution in [-0.2, 0) is 9.53 Å². The van der Waals surface area contributed by atoms with Gasteiger partial charge in [0.15, 0.2) is 0 Å². The Morgan fingerprint density at radius 3 is 2.46 bits per heavy atom.